The number of hydrogen-bond donors (Lipinski definition) is 0. The van der Waals surface area contributed by atoms with Crippen molar-refractivity contribution in [3.63, 3.8) is 0 Å². The minimum atomic E-state index is -2.24. The molecule has 5 aromatic rings. The Morgan fingerprint density at radius 2 is 0.688 bits per heavy atom. The number of nitrogens with zero attached hydrogens (tertiary/aromatic N) is 1. The van der Waals surface area contributed by atoms with E-state index in [0.29, 0.717) is 0 Å². The Labute approximate surface area is 190 Å². The first kappa shape index (κ1) is 20.2. The highest BCUT2D eigenvalue weighted by atomic mass is 31.2. The predicted octanol–water partition coefficient (Wildman–Crippen LogP) is 7.16. The Balaban J connectivity index is 1.76. The first-order chi connectivity index (χ1) is 15.9. The zero-order chi connectivity index (χ0) is 21.6. The zero-order valence-corrected chi connectivity index (χ0v) is 18.6. The number of benzene rings is 5. The molecule has 0 amide bonds. The summed E-state index contributed by atoms with van der Waals surface area (Å²) < 4.78 is 5.55. The van der Waals surface area contributed by atoms with Gasteiger partial charge in [0, 0.05) is 15.9 Å². The van der Waals surface area contributed by atoms with Crippen molar-refractivity contribution >= 4 is 28.7 Å². The minimum absolute atomic E-state index is 0.995. The molecule has 0 saturated heterocycles. The number of hydrogen-bond acceptors (Lipinski definition) is 1. The van der Waals surface area contributed by atoms with E-state index in [1.807, 2.05) is 6.07 Å². The molecule has 0 spiro atoms. The minimum Gasteiger partial charge on any atom is -0.254 e. The van der Waals surface area contributed by atoms with Crippen LogP contribution in [-0.2, 0) is 0 Å². The van der Waals surface area contributed by atoms with Gasteiger partial charge in [-0.2, -0.15) is 0 Å². The van der Waals surface area contributed by atoms with Crippen LogP contribution in [0.4, 0.5) is 5.69 Å². The van der Waals surface area contributed by atoms with Crippen LogP contribution in [0.25, 0.3) is 11.1 Å². The predicted molar refractivity (Wildman–Crippen MR) is 139 cm³/mol. The first-order valence-corrected chi connectivity index (χ1v) is 12.6. The topological polar surface area (TPSA) is 12.4 Å². The third-order valence-corrected chi connectivity index (χ3v) is 9.30. The van der Waals surface area contributed by atoms with Gasteiger partial charge in [0.15, 0.2) is 0 Å². The van der Waals surface area contributed by atoms with E-state index in [1.54, 1.807) is 0 Å². The molecule has 1 nitrogen and oxygen atoms in total. The SMILES string of the molecule is c1ccc(-c2ccc(N=P(c3ccccc3)(c3ccccc3)c3ccccc3)cc2)cc1. The van der Waals surface area contributed by atoms with Crippen molar-refractivity contribution in [3.05, 3.63) is 146 Å². The van der Waals surface area contributed by atoms with Crippen molar-refractivity contribution in [1.29, 1.82) is 0 Å². The van der Waals surface area contributed by atoms with Crippen molar-refractivity contribution < 1.29 is 0 Å². The number of rotatable bonds is 5. The highest BCUT2D eigenvalue weighted by Crippen LogP contribution is 2.49. The summed E-state index contributed by atoms with van der Waals surface area (Å²) in [4.78, 5) is 0. The van der Waals surface area contributed by atoms with Crippen LogP contribution in [0.1, 0.15) is 0 Å². The largest absolute Gasteiger partial charge is 0.254 e. The molecule has 0 saturated carbocycles. The van der Waals surface area contributed by atoms with Gasteiger partial charge in [0.25, 0.3) is 0 Å². The summed E-state index contributed by atoms with van der Waals surface area (Å²) in [6.45, 7) is 0. The van der Waals surface area contributed by atoms with Gasteiger partial charge in [-0.1, -0.05) is 133 Å². The lowest BCUT2D eigenvalue weighted by Crippen LogP contribution is -2.25. The van der Waals surface area contributed by atoms with Crippen LogP contribution in [0.2, 0.25) is 0 Å². The van der Waals surface area contributed by atoms with E-state index in [-0.39, 0.29) is 0 Å². The highest BCUT2D eigenvalue weighted by Gasteiger charge is 2.27. The summed E-state index contributed by atoms with van der Waals surface area (Å²) in [5.41, 5.74) is 3.41. The molecule has 0 aliphatic rings. The molecular formula is C30H24NP. The Hall–Kier alpha value is -3.67. The standard InChI is InChI=1S/C30H24NP/c1-5-13-25(14-6-1)26-21-23-27(24-22-26)31-32(28-15-7-2-8-16-28,29-17-9-3-10-18-29)30-19-11-4-12-20-30/h1-24H. The van der Waals surface area contributed by atoms with Crippen LogP contribution < -0.4 is 15.9 Å². The maximum absolute atomic E-state index is 5.55. The lowest BCUT2D eigenvalue weighted by Gasteiger charge is -2.27. The second-order valence-corrected chi connectivity index (χ2v) is 10.7. The second kappa shape index (κ2) is 9.22. The van der Waals surface area contributed by atoms with Gasteiger partial charge in [-0.05, 0) is 23.3 Å². The fourth-order valence-corrected chi connectivity index (χ4v) is 7.61. The van der Waals surface area contributed by atoms with E-state index >= 15 is 0 Å². The van der Waals surface area contributed by atoms with Crippen LogP contribution in [0.15, 0.2) is 150 Å². The maximum atomic E-state index is 5.55. The fraction of sp³-hybridized carbons (Fsp3) is 0. The van der Waals surface area contributed by atoms with Gasteiger partial charge in [0.05, 0.1) is 12.7 Å². The molecule has 0 aromatic heterocycles. The Morgan fingerprint density at radius 3 is 1.09 bits per heavy atom. The van der Waals surface area contributed by atoms with Crippen molar-refractivity contribution in [3.8, 4) is 11.1 Å². The van der Waals surface area contributed by atoms with E-state index in [9.17, 15) is 0 Å². The summed E-state index contributed by atoms with van der Waals surface area (Å²) in [6, 6.07) is 51.3. The lowest BCUT2D eigenvalue weighted by molar-refractivity contribution is 1.54. The summed E-state index contributed by atoms with van der Waals surface area (Å²) in [6.07, 6.45) is 0. The van der Waals surface area contributed by atoms with Crippen LogP contribution in [0, 0.1) is 0 Å². The molecule has 0 aliphatic carbocycles. The van der Waals surface area contributed by atoms with Crippen LogP contribution >= 0.6 is 7.05 Å². The molecule has 0 atom stereocenters. The van der Waals surface area contributed by atoms with Crippen molar-refractivity contribution in [2.24, 2.45) is 4.74 Å². The molecule has 0 aliphatic heterocycles. The third kappa shape index (κ3) is 3.96. The van der Waals surface area contributed by atoms with Gasteiger partial charge < -0.3 is 0 Å². The molecule has 5 aromatic carbocycles. The average Bonchev–Trinajstić information content (AvgIpc) is 2.90. The fourth-order valence-electron chi connectivity index (χ4n) is 4.08. The third-order valence-electron chi connectivity index (χ3n) is 5.63. The summed E-state index contributed by atoms with van der Waals surface area (Å²) in [5.74, 6) is 0. The summed E-state index contributed by atoms with van der Waals surface area (Å²) in [5, 5.41) is 3.76. The van der Waals surface area contributed by atoms with Gasteiger partial charge in [-0.3, -0.25) is 4.74 Å². The van der Waals surface area contributed by atoms with Crippen LogP contribution in [-0.4, -0.2) is 0 Å². The summed E-state index contributed by atoms with van der Waals surface area (Å²) >= 11 is 0. The molecule has 0 heterocycles. The molecule has 0 fully saturated rings. The molecule has 5 rings (SSSR count). The van der Waals surface area contributed by atoms with Gasteiger partial charge in [0.2, 0.25) is 0 Å². The van der Waals surface area contributed by atoms with E-state index in [4.69, 9.17) is 4.74 Å². The maximum Gasteiger partial charge on any atom is 0.0625 e. The van der Waals surface area contributed by atoms with Crippen LogP contribution in [0.3, 0.4) is 0 Å². The monoisotopic (exact) mass is 429 g/mol. The quantitative estimate of drug-likeness (QED) is 0.263. The van der Waals surface area contributed by atoms with E-state index in [1.165, 1.54) is 27.0 Å². The van der Waals surface area contributed by atoms with Gasteiger partial charge in [0.1, 0.15) is 0 Å². The Morgan fingerprint density at radius 1 is 0.344 bits per heavy atom. The molecule has 2 heteroatoms. The Bertz CT molecular complexity index is 1220. The smallest absolute Gasteiger partial charge is 0.0625 e. The molecular weight excluding hydrogens is 405 g/mol. The summed E-state index contributed by atoms with van der Waals surface area (Å²) in [7, 11) is -2.24. The van der Waals surface area contributed by atoms with Gasteiger partial charge in [-0.25, -0.2) is 0 Å². The second-order valence-electron chi connectivity index (χ2n) is 7.65. The first-order valence-electron chi connectivity index (χ1n) is 10.8. The molecule has 154 valence electrons. The van der Waals surface area contributed by atoms with Crippen molar-refractivity contribution in [2.45, 2.75) is 0 Å². The van der Waals surface area contributed by atoms with E-state index in [0.717, 1.165) is 5.69 Å². The zero-order valence-electron chi connectivity index (χ0n) is 17.8. The van der Waals surface area contributed by atoms with E-state index in [2.05, 4.69) is 140 Å². The molecule has 0 bridgehead atoms. The van der Waals surface area contributed by atoms with Crippen LogP contribution in [0.5, 0.6) is 0 Å². The van der Waals surface area contributed by atoms with Crippen molar-refractivity contribution in [2.75, 3.05) is 0 Å². The Kier molecular flexibility index (Phi) is 5.83. The molecule has 0 radical (unpaired) electrons. The van der Waals surface area contributed by atoms with Crippen molar-refractivity contribution in [1.82, 2.24) is 0 Å². The molecule has 32 heavy (non-hydrogen) atoms. The molecule has 0 N–H and O–H groups in total. The van der Waals surface area contributed by atoms with Gasteiger partial charge in [-0.15, -0.1) is 0 Å². The highest BCUT2D eigenvalue weighted by molar-refractivity contribution is 7.87. The molecule has 0 unspecified atom stereocenters. The lowest BCUT2D eigenvalue weighted by atomic mass is 10.1. The van der Waals surface area contributed by atoms with Gasteiger partial charge >= 0.3 is 0 Å². The normalized spacial score (nSPS) is 11.1. The van der Waals surface area contributed by atoms with E-state index < -0.39 is 7.05 Å². The average molecular weight is 430 g/mol.